The summed E-state index contributed by atoms with van der Waals surface area (Å²) in [5.41, 5.74) is 2.14. The number of nitrogens with zero attached hydrogens (tertiary/aromatic N) is 1. The molecule has 1 N–H and O–H groups in total. The standard InChI is InChI=1S/C13H18BrFN2/c1-3-16-10-4-5-17(8-10)13-7-11(14)12(15)6-9(13)2/h6-7,10,16H,3-5,8H2,1-2H3. The molecule has 0 spiro atoms. The molecule has 1 aliphatic heterocycles. The first-order valence-electron chi connectivity index (χ1n) is 6.05. The van der Waals surface area contributed by atoms with Gasteiger partial charge >= 0.3 is 0 Å². The first-order chi connectivity index (χ1) is 8.11. The fourth-order valence-electron chi connectivity index (χ4n) is 2.41. The van der Waals surface area contributed by atoms with Gasteiger partial charge in [0.25, 0.3) is 0 Å². The highest BCUT2D eigenvalue weighted by Gasteiger charge is 2.23. The zero-order valence-electron chi connectivity index (χ0n) is 10.3. The minimum absolute atomic E-state index is 0.186. The van der Waals surface area contributed by atoms with E-state index in [9.17, 15) is 4.39 Å². The lowest BCUT2D eigenvalue weighted by Gasteiger charge is -2.21. The van der Waals surface area contributed by atoms with E-state index in [-0.39, 0.29) is 5.82 Å². The summed E-state index contributed by atoms with van der Waals surface area (Å²) in [7, 11) is 0. The van der Waals surface area contributed by atoms with Crippen LogP contribution in [0.5, 0.6) is 0 Å². The lowest BCUT2D eigenvalue weighted by molar-refractivity contribution is 0.572. The van der Waals surface area contributed by atoms with E-state index in [1.807, 2.05) is 13.0 Å². The first kappa shape index (κ1) is 12.8. The van der Waals surface area contributed by atoms with Gasteiger partial charge in [-0.3, -0.25) is 0 Å². The van der Waals surface area contributed by atoms with E-state index in [0.29, 0.717) is 10.5 Å². The lowest BCUT2D eigenvalue weighted by atomic mass is 10.2. The van der Waals surface area contributed by atoms with Crippen LogP contribution in [0.4, 0.5) is 10.1 Å². The van der Waals surface area contributed by atoms with Gasteiger partial charge in [-0.2, -0.15) is 0 Å². The second kappa shape index (κ2) is 5.36. The second-order valence-electron chi connectivity index (χ2n) is 4.54. The van der Waals surface area contributed by atoms with Gasteiger partial charge in [-0.1, -0.05) is 6.92 Å². The summed E-state index contributed by atoms with van der Waals surface area (Å²) < 4.78 is 13.9. The molecule has 0 aromatic heterocycles. The number of nitrogens with one attached hydrogen (secondary N) is 1. The van der Waals surface area contributed by atoms with Gasteiger partial charge in [-0.25, -0.2) is 4.39 Å². The number of benzene rings is 1. The number of halogens is 2. The summed E-state index contributed by atoms with van der Waals surface area (Å²) in [4.78, 5) is 2.33. The average Bonchev–Trinajstić information content (AvgIpc) is 2.72. The Bertz CT molecular complexity index is 409. The van der Waals surface area contributed by atoms with Crippen LogP contribution in [0.15, 0.2) is 16.6 Å². The maximum absolute atomic E-state index is 13.4. The molecule has 1 atom stereocenters. The number of rotatable bonds is 3. The zero-order valence-corrected chi connectivity index (χ0v) is 11.8. The van der Waals surface area contributed by atoms with Crippen LogP contribution >= 0.6 is 15.9 Å². The molecular weight excluding hydrogens is 283 g/mol. The molecule has 1 fully saturated rings. The van der Waals surface area contributed by atoms with Gasteiger partial charge in [-0.05, 0) is 53.5 Å². The molecule has 1 aliphatic rings. The lowest BCUT2D eigenvalue weighted by Crippen LogP contribution is -2.32. The maximum atomic E-state index is 13.4. The Balaban J connectivity index is 2.16. The van der Waals surface area contributed by atoms with Gasteiger partial charge in [0.1, 0.15) is 5.82 Å². The molecule has 0 bridgehead atoms. The Morgan fingerprint density at radius 2 is 2.29 bits per heavy atom. The molecule has 1 heterocycles. The van der Waals surface area contributed by atoms with E-state index in [4.69, 9.17) is 0 Å². The molecule has 1 aromatic carbocycles. The van der Waals surface area contributed by atoms with Crippen LogP contribution in [0.3, 0.4) is 0 Å². The van der Waals surface area contributed by atoms with Crippen molar-refractivity contribution >= 4 is 21.6 Å². The normalized spacial score (nSPS) is 20.0. The fraction of sp³-hybridized carbons (Fsp3) is 0.538. The largest absolute Gasteiger partial charge is 0.370 e. The van der Waals surface area contributed by atoms with Crippen molar-refractivity contribution in [3.05, 3.63) is 28.0 Å². The Hall–Kier alpha value is -0.610. The van der Waals surface area contributed by atoms with Crippen molar-refractivity contribution in [1.82, 2.24) is 5.32 Å². The molecule has 94 valence electrons. The smallest absolute Gasteiger partial charge is 0.137 e. The van der Waals surface area contributed by atoms with Crippen molar-refractivity contribution in [2.24, 2.45) is 0 Å². The summed E-state index contributed by atoms with van der Waals surface area (Å²) in [5.74, 6) is -0.186. The zero-order chi connectivity index (χ0) is 12.4. The van der Waals surface area contributed by atoms with Gasteiger partial charge < -0.3 is 10.2 Å². The van der Waals surface area contributed by atoms with Crippen LogP contribution in [0.1, 0.15) is 18.9 Å². The van der Waals surface area contributed by atoms with Crippen LogP contribution in [0.2, 0.25) is 0 Å². The second-order valence-corrected chi connectivity index (χ2v) is 5.40. The Labute approximate surface area is 110 Å². The molecule has 0 saturated carbocycles. The highest BCUT2D eigenvalue weighted by atomic mass is 79.9. The minimum atomic E-state index is -0.186. The molecule has 1 saturated heterocycles. The van der Waals surface area contributed by atoms with E-state index in [0.717, 1.165) is 37.3 Å². The third-order valence-electron chi connectivity index (χ3n) is 3.26. The Morgan fingerprint density at radius 1 is 1.53 bits per heavy atom. The molecule has 17 heavy (non-hydrogen) atoms. The maximum Gasteiger partial charge on any atom is 0.137 e. The number of hydrogen-bond donors (Lipinski definition) is 1. The third-order valence-corrected chi connectivity index (χ3v) is 3.87. The molecule has 2 rings (SSSR count). The van der Waals surface area contributed by atoms with Crippen LogP contribution in [0.25, 0.3) is 0 Å². The van der Waals surface area contributed by atoms with Crippen molar-refractivity contribution in [2.75, 3.05) is 24.5 Å². The summed E-state index contributed by atoms with van der Waals surface area (Å²) >= 11 is 3.26. The minimum Gasteiger partial charge on any atom is -0.370 e. The molecule has 0 aliphatic carbocycles. The molecule has 0 amide bonds. The molecule has 4 heteroatoms. The van der Waals surface area contributed by atoms with Crippen LogP contribution in [-0.4, -0.2) is 25.7 Å². The molecule has 2 nitrogen and oxygen atoms in total. The number of anilines is 1. The molecule has 1 aromatic rings. The quantitative estimate of drug-likeness (QED) is 0.923. The van der Waals surface area contributed by atoms with Gasteiger partial charge in [0, 0.05) is 24.8 Å². The van der Waals surface area contributed by atoms with Crippen molar-refractivity contribution in [3.8, 4) is 0 Å². The van der Waals surface area contributed by atoms with Crippen molar-refractivity contribution in [1.29, 1.82) is 0 Å². The fourth-order valence-corrected chi connectivity index (χ4v) is 2.74. The van der Waals surface area contributed by atoms with Gasteiger partial charge in [0.05, 0.1) is 4.47 Å². The number of likely N-dealkylation sites (N-methyl/N-ethyl adjacent to an activating group) is 1. The van der Waals surface area contributed by atoms with E-state index >= 15 is 0 Å². The highest BCUT2D eigenvalue weighted by molar-refractivity contribution is 9.10. The molecule has 0 radical (unpaired) electrons. The number of hydrogen-bond acceptors (Lipinski definition) is 2. The predicted octanol–water partition coefficient (Wildman–Crippen LogP) is 3.08. The van der Waals surface area contributed by atoms with Crippen LogP contribution < -0.4 is 10.2 Å². The SMILES string of the molecule is CCNC1CCN(c2cc(Br)c(F)cc2C)C1. The Morgan fingerprint density at radius 3 is 3.00 bits per heavy atom. The van der Waals surface area contributed by atoms with Crippen molar-refractivity contribution < 1.29 is 4.39 Å². The van der Waals surface area contributed by atoms with Gasteiger partial charge in [-0.15, -0.1) is 0 Å². The van der Waals surface area contributed by atoms with Crippen LogP contribution in [0, 0.1) is 12.7 Å². The molecule has 1 unspecified atom stereocenters. The monoisotopic (exact) mass is 300 g/mol. The topological polar surface area (TPSA) is 15.3 Å². The average molecular weight is 301 g/mol. The van der Waals surface area contributed by atoms with E-state index in [1.165, 1.54) is 0 Å². The number of aryl methyl sites for hydroxylation is 1. The van der Waals surface area contributed by atoms with E-state index in [1.54, 1.807) is 6.07 Å². The third kappa shape index (κ3) is 2.80. The van der Waals surface area contributed by atoms with E-state index in [2.05, 4.69) is 33.1 Å². The van der Waals surface area contributed by atoms with Crippen LogP contribution in [-0.2, 0) is 0 Å². The summed E-state index contributed by atoms with van der Waals surface area (Å²) in [5, 5.41) is 3.46. The van der Waals surface area contributed by atoms with Crippen molar-refractivity contribution in [3.63, 3.8) is 0 Å². The molecular formula is C13H18BrFN2. The summed E-state index contributed by atoms with van der Waals surface area (Å²) in [6, 6.07) is 4.04. The summed E-state index contributed by atoms with van der Waals surface area (Å²) in [6.45, 7) is 7.14. The van der Waals surface area contributed by atoms with Gasteiger partial charge in [0.2, 0.25) is 0 Å². The van der Waals surface area contributed by atoms with Gasteiger partial charge in [0.15, 0.2) is 0 Å². The summed E-state index contributed by atoms with van der Waals surface area (Å²) in [6.07, 6.45) is 1.16. The van der Waals surface area contributed by atoms with Crippen molar-refractivity contribution in [2.45, 2.75) is 26.3 Å². The van der Waals surface area contributed by atoms with E-state index < -0.39 is 0 Å². The highest BCUT2D eigenvalue weighted by Crippen LogP contribution is 2.29. The first-order valence-corrected chi connectivity index (χ1v) is 6.85. The Kier molecular flexibility index (Phi) is 4.05. The predicted molar refractivity (Wildman–Crippen MR) is 73.1 cm³/mol.